The molecule has 0 atom stereocenters. The first kappa shape index (κ1) is 15.1. The largest absolute Gasteiger partial charge is 0.397 e. The molecule has 3 N–H and O–H groups in total. The molecule has 0 aliphatic heterocycles. The molecule has 0 unspecified atom stereocenters. The number of anilines is 1. The van der Waals surface area contributed by atoms with Crippen LogP contribution in [0, 0.1) is 5.82 Å². The van der Waals surface area contributed by atoms with E-state index in [0.717, 1.165) is 40.7 Å². The maximum atomic E-state index is 12.9. The number of aryl methyl sites for hydroxylation is 2. The summed E-state index contributed by atoms with van der Waals surface area (Å²) in [5, 5.41) is 3.70. The Morgan fingerprint density at radius 2 is 2.08 bits per heavy atom. The molecule has 24 heavy (non-hydrogen) atoms. The third kappa shape index (κ3) is 2.63. The Kier molecular flexibility index (Phi) is 3.69. The molecule has 6 heteroatoms. The zero-order valence-corrected chi connectivity index (χ0v) is 13.8. The first-order valence-corrected chi connectivity index (χ1v) is 8.67. The third-order valence-electron chi connectivity index (χ3n) is 4.32. The van der Waals surface area contributed by atoms with Crippen LogP contribution in [0.1, 0.15) is 32.9 Å². The number of nitrogens with two attached hydrogens (primary N) is 1. The second-order valence-electron chi connectivity index (χ2n) is 5.95. The second-order valence-corrected chi connectivity index (χ2v) is 6.95. The van der Waals surface area contributed by atoms with E-state index in [-0.39, 0.29) is 11.7 Å². The number of hydrogen-bond acceptors (Lipinski definition) is 4. The zero-order chi connectivity index (χ0) is 16.7. The van der Waals surface area contributed by atoms with Gasteiger partial charge >= 0.3 is 0 Å². The smallest absolute Gasteiger partial charge is 0.263 e. The fourth-order valence-corrected chi connectivity index (χ4v) is 4.04. The van der Waals surface area contributed by atoms with Gasteiger partial charge in [0, 0.05) is 17.6 Å². The predicted octanol–water partition coefficient (Wildman–Crippen LogP) is 3.44. The van der Waals surface area contributed by atoms with E-state index in [4.69, 9.17) is 5.73 Å². The monoisotopic (exact) mass is 341 g/mol. The number of benzene rings is 1. The minimum absolute atomic E-state index is 0.222. The Morgan fingerprint density at radius 1 is 1.29 bits per heavy atom. The van der Waals surface area contributed by atoms with Crippen LogP contribution in [0.4, 0.5) is 10.1 Å². The van der Waals surface area contributed by atoms with Gasteiger partial charge in [0.25, 0.3) is 5.91 Å². The number of rotatable bonds is 3. The van der Waals surface area contributed by atoms with Gasteiger partial charge in [-0.15, -0.1) is 11.3 Å². The Balaban J connectivity index is 1.58. The highest BCUT2D eigenvalue weighted by atomic mass is 32.1. The van der Waals surface area contributed by atoms with Crippen LogP contribution in [0.3, 0.4) is 0 Å². The number of nitrogen functional groups attached to an aromatic ring is 1. The van der Waals surface area contributed by atoms with Gasteiger partial charge in [-0.1, -0.05) is 12.1 Å². The molecule has 0 saturated heterocycles. The number of hydrogen-bond donors (Lipinski definition) is 2. The summed E-state index contributed by atoms with van der Waals surface area (Å²) in [7, 11) is 0. The highest BCUT2D eigenvalue weighted by molar-refractivity contribution is 7.21. The maximum Gasteiger partial charge on any atom is 0.263 e. The molecule has 4 rings (SSSR count). The highest BCUT2D eigenvalue weighted by Crippen LogP contribution is 2.35. The predicted molar refractivity (Wildman–Crippen MR) is 93.6 cm³/mol. The number of carbonyl (C=O) groups excluding carboxylic acids is 1. The van der Waals surface area contributed by atoms with Crippen molar-refractivity contribution in [3.8, 4) is 0 Å². The van der Waals surface area contributed by atoms with Crippen molar-refractivity contribution in [2.45, 2.75) is 25.8 Å². The van der Waals surface area contributed by atoms with Crippen LogP contribution < -0.4 is 11.1 Å². The number of nitrogens with one attached hydrogen (secondary N) is 1. The Labute approximate surface area is 142 Å². The molecule has 122 valence electrons. The van der Waals surface area contributed by atoms with E-state index in [1.807, 2.05) is 0 Å². The summed E-state index contributed by atoms with van der Waals surface area (Å²) in [6.07, 6.45) is 3.15. The fraction of sp³-hybridized carbons (Fsp3) is 0.222. The van der Waals surface area contributed by atoms with Crippen LogP contribution in [-0.4, -0.2) is 10.9 Å². The average molecular weight is 341 g/mol. The molecule has 0 fully saturated rings. The summed E-state index contributed by atoms with van der Waals surface area (Å²) in [5.74, 6) is -0.516. The van der Waals surface area contributed by atoms with Crippen LogP contribution in [0.15, 0.2) is 30.3 Å². The lowest BCUT2D eigenvalue weighted by molar-refractivity contribution is 0.0956. The minimum atomic E-state index is -0.294. The molecular formula is C18H16FN3OS. The summed E-state index contributed by atoms with van der Waals surface area (Å²) in [6.45, 7) is 0.330. The normalized spacial score (nSPS) is 13.2. The standard InChI is InChI=1S/C18H16FN3OS/c19-12-6-4-10(5-7-12)9-21-17(23)16-15(20)13-8-11-2-1-3-14(11)22-18(13)24-16/h4-8H,1-3,9,20H2,(H,21,23). The van der Waals surface area contributed by atoms with Crippen molar-refractivity contribution in [3.05, 3.63) is 57.8 Å². The lowest BCUT2D eigenvalue weighted by Gasteiger charge is -2.04. The van der Waals surface area contributed by atoms with E-state index in [1.54, 1.807) is 12.1 Å². The maximum absolute atomic E-state index is 12.9. The molecule has 1 amide bonds. The van der Waals surface area contributed by atoms with Crippen molar-refractivity contribution in [1.29, 1.82) is 0 Å². The van der Waals surface area contributed by atoms with Crippen LogP contribution >= 0.6 is 11.3 Å². The van der Waals surface area contributed by atoms with E-state index < -0.39 is 0 Å². The van der Waals surface area contributed by atoms with Gasteiger partial charge in [0.1, 0.15) is 15.5 Å². The summed E-state index contributed by atoms with van der Waals surface area (Å²) in [5.41, 5.74) is 9.88. The highest BCUT2D eigenvalue weighted by Gasteiger charge is 2.20. The molecule has 0 radical (unpaired) electrons. The quantitative estimate of drug-likeness (QED) is 0.767. The van der Waals surface area contributed by atoms with Gasteiger partial charge in [-0.25, -0.2) is 9.37 Å². The first-order valence-electron chi connectivity index (χ1n) is 7.85. The van der Waals surface area contributed by atoms with Crippen LogP contribution in [0.25, 0.3) is 10.2 Å². The van der Waals surface area contributed by atoms with Gasteiger partial charge < -0.3 is 11.1 Å². The van der Waals surface area contributed by atoms with E-state index in [2.05, 4.69) is 16.4 Å². The van der Waals surface area contributed by atoms with Crippen molar-refractivity contribution in [2.75, 3.05) is 5.73 Å². The van der Waals surface area contributed by atoms with Crippen LogP contribution in [-0.2, 0) is 19.4 Å². The van der Waals surface area contributed by atoms with Crippen LogP contribution in [0.5, 0.6) is 0 Å². The zero-order valence-electron chi connectivity index (χ0n) is 12.9. The Bertz CT molecular complexity index is 934. The topological polar surface area (TPSA) is 68.0 Å². The lowest BCUT2D eigenvalue weighted by atomic mass is 10.1. The lowest BCUT2D eigenvalue weighted by Crippen LogP contribution is -2.22. The molecule has 1 aromatic carbocycles. The Morgan fingerprint density at radius 3 is 2.88 bits per heavy atom. The van der Waals surface area contributed by atoms with Crippen molar-refractivity contribution >= 4 is 33.1 Å². The van der Waals surface area contributed by atoms with Crippen molar-refractivity contribution in [2.24, 2.45) is 0 Å². The van der Waals surface area contributed by atoms with Gasteiger partial charge in [-0.05, 0) is 48.6 Å². The minimum Gasteiger partial charge on any atom is -0.397 e. The number of carbonyl (C=O) groups is 1. The van der Waals surface area contributed by atoms with Gasteiger partial charge in [0.15, 0.2) is 0 Å². The third-order valence-corrected chi connectivity index (χ3v) is 5.44. The molecule has 4 nitrogen and oxygen atoms in total. The van der Waals surface area contributed by atoms with Crippen molar-refractivity contribution in [1.82, 2.24) is 10.3 Å². The molecule has 0 spiro atoms. The molecule has 1 aliphatic carbocycles. The summed E-state index contributed by atoms with van der Waals surface area (Å²) in [4.78, 5) is 18.4. The number of amides is 1. The molecule has 3 aromatic rings. The van der Waals surface area contributed by atoms with E-state index >= 15 is 0 Å². The van der Waals surface area contributed by atoms with Gasteiger partial charge in [0.2, 0.25) is 0 Å². The van der Waals surface area contributed by atoms with Gasteiger partial charge in [-0.3, -0.25) is 4.79 Å². The second kappa shape index (κ2) is 5.87. The summed E-state index contributed by atoms with van der Waals surface area (Å²) < 4.78 is 12.9. The first-order chi connectivity index (χ1) is 11.6. The van der Waals surface area contributed by atoms with Crippen molar-refractivity contribution < 1.29 is 9.18 Å². The molecule has 2 aromatic heterocycles. The number of halogens is 1. The molecule has 0 saturated carbocycles. The average Bonchev–Trinajstić information content (AvgIpc) is 3.16. The van der Waals surface area contributed by atoms with E-state index in [9.17, 15) is 9.18 Å². The molecule has 2 heterocycles. The number of fused-ring (bicyclic) bond motifs is 2. The number of pyridine rings is 1. The molecule has 1 aliphatic rings. The van der Waals surface area contributed by atoms with Gasteiger partial charge in [0.05, 0.1) is 5.69 Å². The summed E-state index contributed by atoms with van der Waals surface area (Å²) >= 11 is 1.33. The molecule has 0 bridgehead atoms. The van der Waals surface area contributed by atoms with E-state index in [0.29, 0.717) is 17.1 Å². The molecular weight excluding hydrogens is 325 g/mol. The number of aromatic nitrogens is 1. The SMILES string of the molecule is Nc1c(C(=O)NCc2ccc(F)cc2)sc2nc3c(cc12)CCC3. The van der Waals surface area contributed by atoms with Gasteiger partial charge in [-0.2, -0.15) is 0 Å². The number of nitrogens with zero attached hydrogens (tertiary/aromatic N) is 1. The Hall–Kier alpha value is -2.47. The number of thiophene rings is 1. The fourth-order valence-electron chi connectivity index (χ4n) is 3.03. The van der Waals surface area contributed by atoms with Crippen LogP contribution in [0.2, 0.25) is 0 Å². The van der Waals surface area contributed by atoms with Crippen molar-refractivity contribution in [3.63, 3.8) is 0 Å². The van der Waals surface area contributed by atoms with E-state index in [1.165, 1.54) is 29.0 Å². The summed E-state index contributed by atoms with van der Waals surface area (Å²) in [6, 6.07) is 8.13.